The molecule has 1 aliphatic rings. The summed E-state index contributed by atoms with van der Waals surface area (Å²) in [6.45, 7) is 0.476. The maximum absolute atomic E-state index is 15.0. The highest BCUT2D eigenvalue weighted by molar-refractivity contribution is 5.98. The average Bonchev–Trinajstić information content (AvgIpc) is 3.41. The molecule has 1 saturated heterocycles. The van der Waals surface area contributed by atoms with E-state index in [1.54, 1.807) is 0 Å². The molecular formula is C20H17F6N7O. The van der Waals surface area contributed by atoms with Gasteiger partial charge in [-0.3, -0.25) is 4.79 Å². The topological polar surface area (TPSA) is 88.8 Å². The third-order valence-corrected chi connectivity index (χ3v) is 5.40. The summed E-state index contributed by atoms with van der Waals surface area (Å²) in [5, 5.41) is 10.2. The largest absolute Gasteiger partial charge is 0.419 e. The summed E-state index contributed by atoms with van der Waals surface area (Å²) in [5.41, 5.74) is -1.47. The molecule has 1 amide bonds. The van der Waals surface area contributed by atoms with Crippen LogP contribution in [0.2, 0.25) is 0 Å². The minimum atomic E-state index is -4.65. The Labute approximate surface area is 188 Å². The second-order valence-corrected chi connectivity index (χ2v) is 7.61. The fourth-order valence-corrected chi connectivity index (χ4v) is 3.60. The number of carbonyl (C=O) groups excluding carboxylic acids is 1. The Morgan fingerprint density at radius 2 is 1.82 bits per heavy atom. The van der Waals surface area contributed by atoms with E-state index in [0.717, 1.165) is 9.70 Å². The van der Waals surface area contributed by atoms with Crippen LogP contribution in [0.3, 0.4) is 0 Å². The first-order valence-electron chi connectivity index (χ1n) is 9.97. The second kappa shape index (κ2) is 8.57. The Hall–Kier alpha value is -3.71. The van der Waals surface area contributed by atoms with Gasteiger partial charge < -0.3 is 10.2 Å². The number of benzene rings is 1. The number of hydrogen-bond acceptors (Lipinski definition) is 6. The molecule has 0 unspecified atom stereocenters. The first-order valence-corrected chi connectivity index (χ1v) is 9.97. The van der Waals surface area contributed by atoms with Crippen LogP contribution in [0.25, 0.3) is 5.69 Å². The Bertz CT molecular complexity index is 1180. The third kappa shape index (κ3) is 4.39. The molecule has 4 rings (SSSR count). The molecule has 1 aromatic carbocycles. The predicted molar refractivity (Wildman–Crippen MR) is 106 cm³/mol. The summed E-state index contributed by atoms with van der Waals surface area (Å²) < 4.78 is 82.4. The summed E-state index contributed by atoms with van der Waals surface area (Å²) in [4.78, 5) is 22.1. The molecule has 2 aromatic heterocycles. The number of alkyl halides is 5. The Morgan fingerprint density at radius 3 is 2.44 bits per heavy atom. The van der Waals surface area contributed by atoms with E-state index in [1.807, 2.05) is 0 Å². The predicted octanol–water partition coefficient (Wildman–Crippen LogP) is 3.49. The van der Waals surface area contributed by atoms with Gasteiger partial charge >= 0.3 is 6.18 Å². The molecule has 8 nitrogen and oxygen atoms in total. The highest BCUT2D eigenvalue weighted by atomic mass is 19.4. The quantitative estimate of drug-likeness (QED) is 0.557. The maximum atomic E-state index is 15.0. The summed E-state index contributed by atoms with van der Waals surface area (Å²) in [6.07, 6.45) is -1.69. The highest BCUT2D eigenvalue weighted by Gasteiger charge is 2.51. The van der Waals surface area contributed by atoms with Gasteiger partial charge in [0.05, 0.1) is 18.0 Å². The third-order valence-electron chi connectivity index (χ3n) is 5.40. The van der Waals surface area contributed by atoms with Gasteiger partial charge in [0, 0.05) is 31.9 Å². The first kappa shape index (κ1) is 23.4. The lowest BCUT2D eigenvalue weighted by Gasteiger charge is -2.28. The van der Waals surface area contributed by atoms with Crippen molar-refractivity contribution in [1.29, 1.82) is 0 Å². The van der Waals surface area contributed by atoms with Crippen LogP contribution in [0.15, 0.2) is 36.9 Å². The zero-order valence-corrected chi connectivity index (χ0v) is 17.5. The normalized spacial score (nSPS) is 17.7. The van der Waals surface area contributed by atoms with Gasteiger partial charge in [0.15, 0.2) is 0 Å². The summed E-state index contributed by atoms with van der Waals surface area (Å²) >= 11 is 0. The van der Waals surface area contributed by atoms with Crippen LogP contribution < -0.4 is 5.32 Å². The van der Waals surface area contributed by atoms with Gasteiger partial charge in [-0.25, -0.2) is 23.1 Å². The van der Waals surface area contributed by atoms with Gasteiger partial charge in [-0.05, 0) is 18.6 Å². The number of halogens is 6. The number of hydrogen-bond donors (Lipinski definition) is 1. The van der Waals surface area contributed by atoms with E-state index in [0.29, 0.717) is 12.4 Å². The molecule has 1 fully saturated rings. The fourth-order valence-electron chi connectivity index (χ4n) is 3.60. The fraction of sp³-hybridized carbons (Fsp3) is 0.350. The number of nitrogens with one attached hydrogen (secondary N) is 1. The standard InChI is InChI=1S/C20H17F6N7O/c1-11-2-3-13(33-30-5-6-31-33)15(16(11)21)17(34)32-7-4-19(22,23)14(32)10-29-18-27-8-12(9-28-18)20(24,25)26/h2-3,5-6,8-9,14H,4,7,10H2,1H3,(H,27,28,29)/t14-/m1/s1. The van der Waals surface area contributed by atoms with Gasteiger partial charge in [0.25, 0.3) is 11.8 Å². The van der Waals surface area contributed by atoms with Crippen LogP contribution in [0.1, 0.15) is 27.9 Å². The zero-order valence-electron chi connectivity index (χ0n) is 17.5. The number of aromatic nitrogens is 5. The lowest BCUT2D eigenvalue weighted by Crippen LogP contribution is -2.47. The minimum Gasteiger partial charge on any atom is -0.352 e. The molecule has 1 aliphatic heterocycles. The Morgan fingerprint density at radius 1 is 1.18 bits per heavy atom. The number of carbonyl (C=O) groups is 1. The molecule has 3 aromatic rings. The van der Waals surface area contributed by atoms with Crippen LogP contribution in [0.5, 0.6) is 0 Å². The van der Waals surface area contributed by atoms with E-state index in [4.69, 9.17) is 0 Å². The van der Waals surface area contributed by atoms with Crippen LogP contribution in [0.4, 0.5) is 32.3 Å². The molecule has 0 aliphatic carbocycles. The monoisotopic (exact) mass is 485 g/mol. The number of likely N-dealkylation sites (tertiary alicyclic amines) is 1. The number of aryl methyl sites for hydroxylation is 1. The minimum absolute atomic E-state index is 0.0221. The lowest BCUT2D eigenvalue weighted by atomic mass is 10.1. The summed E-state index contributed by atoms with van der Waals surface area (Å²) in [7, 11) is 0. The number of amides is 1. The van der Waals surface area contributed by atoms with Crippen molar-refractivity contribution in [3.05, 3.63) is 59.4 Å². The smallest absolute Gasteiger partial charge is 0.352 e. The first-order chi connectivity index (χ1) is 16.0. The van der Waals surface area contributed by atoms with Crippen molar-refractivity contribution in [3.63, 3.8) is 0 Å². The molecule has 0 spiro atoms. The SMILES string of the molecule is Cc1ccc(-n2nccn2)c(C(=O)N2CCC(F)(F)[C@H]2CNc2ncc(C(F)(F)F)cn2)c1F. The molecule has 180 valence electrons. The second-order valence-electron chi connectivity index (χ2n) is 7.61. The summed E-state index contributed by atoms with van der Waals surface area (Å²) in [5.74, 6) is -5.57. The van der Waals surface area contributed by atoms with Crippen molar-refractivity contribution in [2.75, 3.05) is 18.4 Å². The van der Waals surface area contributed by atoms with Crippen LogP contribution in [-0.2, 0) is 6.18 Å². The highest BCUT2D eigenvalue weighted by Crippen LogP contribution is 2.36. The molecule has 0 radical (unpaired) electrons. The van der Waals surface area contributed by atoms with E-state index in [2.05, 4.69) is 25.5 Å². The Balaban J connectivity index is 1.61. The summed E-state index contributed by atoms with van der Waals surface area (Å²) in [6, 6.07) is 1.08. The van der Waals surface area contributed by atoms with Crippen molar-refractivity contribution >= 4 is 11.9 Å². The van der Waals surface area contributed by atoms with Gasteiger partial charge in [0.2, 0.25) is 5.95 Å². The van der Waals surface area contributed by atoms with Crippen LogP contribution >= 0.6 is 0 Å². The number of nitrogens with zero attached hydrogens (tertiary/aromatic N) is 6. The van der Waals surface area contributed by atoms with E-state index in [1.165, 1.54) is 31.5 Å². The van der Waals surface area contributed by atoms with Gasteiger partial charge in [0.1, 0.15) is 23.1 Å². The van der Waals surface area contributed by atoms with E-state index in [9.17, 15) is 26.7 Å². The van der Waals surface area contributed by atoms with Crippen molar-refractivity contribution in [1.82, 2.24) is 29.9 Å². The van der Waals surface area contributed by atoms with Gasteiger partial charge in [-0.2, -0.15) is 28.2 Å². The van der Waals surface area contributed by atoms with E-state index >= 15 is 4.39 Å². The molecule has 3 heterocycles. The molecule has 0 saturated carbocycles. The maximum Gasteiger partial charge on any atom is 0.419 e. The van der Waals surface area contributed by atoms with Crippen molar-refractivity contribution in [2.45, 2.75) is 31.5 Å². The van der Waals surface area contributed by atoms with Gasteiger partial charge in [-0.1, -0.05) is 6.07 Å². The molecule has 0 bridgehead atoms. The molecule has 1 atom stereocenters. The van der Waals surface area contributed by atoms with Crippen LogP contribution in [0, 0.1) is 12.7 Å². The van der Waals surface area contributed by atoms with Crippen LogP contribution in [-0.4, -0.2) is 60.8 Å². The number of rotatable bonds is 5. The molecule has 14 heteroatoms. The van der Waals surface area contributed by atoms with E-state index < -0.39 is 54.0 Å². The number of anilines is 1. The van der Waals surface area contributed by atoms with E-state index in [-0.39, 0.29) is 23.7 Å². The van der Waals surface area contributed by atoms with Crippen molar-refractivity contribution in [2.24, 2.45) is 0 Å². The van der Waals surface area contributed by atoms with Crippen molar-refractivity contribution in [3.8, 4) is 5.69 Å². The van der Waals surface area contributed by atoms with Gasteiger partial charge in [-0.15, -0.1) is 0 Å². The zero-order chi connectivity index (χ0) is 24.7. The molecule has 34 heavy (non-hydrogen) atoms. The molecule has 1 N–H and O–H groups in total. The Kier molecular flexibility index (Phi) is 5.91. The molecular weight excluding hydrogens is 468 g/mol. The van der Waals surface area contributed by atoms with Crippen molar-refractivity contribution < 1.29 is 31.1 Å². The average molecular weight is 485 g/mol. The lowest BCUT2D eigenvalue weighted by molar-refractivity contribution is -0.138.